The van der Waals surface area contributed by atoms with Crippen molar-refractivity contribution in [3.8, 4) is 0 Å². The second-order valence-corrected chi connectivity index (χ2v) is 4.77. The number of carbonyl (C=O) groups excluding carboxylic acids is 1. The molecule has 1 aromatic heterocycles. The second kappa shape index (κ2) is 10.2. The number of hydrogen-bond acceptors (Lipinski definition) is 3. The lowest BCUT2D eigenvalue weighted by molar-refractivity contribution is -0.121. The van der Waals surface area contributed by atoms with Gasteiger partial charge in [0.15, 0.2) is 0 Å². The molecule has 0 bridgehead atoms. The smallest absolute Gasteiger partial charge is 0.222 e. The Hall–Kier alpha value is -1.62. The minimum absolute atomic E-state index is 0. The van der Waals surface area contributed by atoms with E-state index in [4.69, 9.17) is 5.73 Å². The summed E-state index contributed by atoms with van der Waals surface area (Å²) in [5.41, 5.74) is 8.94. The predicted molar refractivity (Wildman–Crippen MR) is 93.3 cm³/mol. The summed E-state index contributed by atoms with van der Waals surface area (Å²) in [5.74, 6) is -0.0635. The molecule has 0 aliphatic heterocycles. The maximum atomic E-state index is 11.9. The molecule has 0 fully saturated rings. The number of aromatic nitrogens is 1. The summed E-state index contributed by atoms with van der Waals surface area (Å²) < 4.78 is 0. The molecule has 1 unspecified atom stereocenters. The molecule has 0 saturated heterocycles. The minimum Gasteiger partial charge on any atom is -0.350 e. The zero-order valence-electron chi connectivity index (χ0n) is 12.4. The van der Waals surface area contributed by atoms with E-state index in [1.54, 1.807) is 6.20 Å². The van der Waals surface area contributed by atoms with Crippen LogP contribution < -0.4 is 11.1 Å². The van der Waals surface area contributed by atoms with E-state index in [1.165, 1.54) is 0 Å². The number of nitrogens with zero attached hydrogens (tertiary/aromatic N) is 1. The minimum atomic E-state index is -0.277. The van der Waals surface area contributed by atoms with Gasteiger partial charge in [-0.1, -0.05) is 36.4 Å². The van der Waals surface area contributed by atoms with Gasteiger partial charge in [-0.2, -0.15) is 0 Å². The van der Waals surface area contributed by atoms with Crippen molar-refractivity contribution in [1.29, 1.82) is 0 Å². The molecule has 1 amide bonds. The van der Waals surface area contributed by atoms with Crippen LogP contribution in [0.4, 0.5) is 0 Å². The van der Waals surface area contributed by atoms with Gasteiger partial charge in [0, 0.05) is 18.7 Å². The van der Waals surface area contributed by atoms with Gasteiger partial charge in [0.05, 0.1) is 12.2 Å². The SMILES string of the molecule is Cc1cccnc1CNC(=O)CC(N)c1ccccc1.Cl.Cl. The van der Waals surface area contributed by atoms with Gasteiger partial charge in [0.2, 0.25) is 5.91 Å². The summed E-state index contributed by atoms with van der Waals surface area (Å²) in [6.45, 7) is 2.41. The van der Waals surface area contributed by atoms with E-state index in [2.05, 4.69) is 10.3 Å². The van der Waals surface area contributed by atoms with Gasteiger partial charge < -0.3 is 11.1 Å². The Morgan fingerprint density at radius 2 is 1.86 bits per heavy atom. The van der Waals surface area contributed by atoms with Crippen LogP contribution in [0.1, 0.15) is 29.3 Å². The number of nitrogens with one attached hydrogen (secondary N) is 1. The highest BCUT2D eigenvalue weighted by molar-refractivity contribution is 5.85. The van der Waals surface area contributed by atoms with Crippen LogP contribution in [0.25, 0.3) is 0 Å². The molecule has 4 nitrogen and oxygen atoms in total. The summed E-state index contributed by atoms with van der Waals surface area (Å²) in [6.07, 6.45) is 2.00. The van der Waals surface area contributed by atoms with E-state index in [-0.39, 0.29) is 43.2 Å². The van der Waals surface area contributed by atoms with E-state index in [0.717, 1.165) is 16.8 Å². The van der Waals surface area contributed by atoms with Crippen molar-refractivity contribution >= 4 is 30.7 Å². The number of halogens is 2. The summed E-state index contributed by atoms with van der Waals surface area (Å²) in [6, 6.07) is 13.2. The normalized spacial score (nSPS) is 10.8. The third-order valence-electron chi connectivity index (χ3n) is 3.20. The van der Waals surface area contributed by atoms with E-state index in [9.17, 15) is 4.79 Å². The van der Waals surface area contributed by atoms with Crippen LogP contribution in [-0.4, -0.2) is 10.9 Å². The highest BCUT2D eigenvalue weighted by Gasteiger charge is 2.11. The molecule has 0 spiro atoms. The van der Waals surface area contributed by atoms with Gasteiger partial charge in [-0.15, -0.1) is 24.8 Å². The fourth-order valence-corrected chi connectivity index (χ4v) is 1.98. The van der Waals surface area contributed by atoms with Gasteiger partial charge in [-0.3, -0.25) is 9.78 Å². The third-order valence-corrected chi connectivity index (χ3v) is 3.20. The lowest BCUT2D eigenvalue weighted by Crippen LogP contribution is -2.27. The van der Waals surface area contributed by atoms with Crippen molar-refractivity contribution < 1.29 is 4.79 Å². The first kappa shape index (κ1) is 20.4. The number of amides is 1. The highest BCUT2D eigenvalue weighted by atomic mass is 35.5. The molecule has 1 heterocycles. The molecular formula is C16H21Cl2N3O. The number of rotatable bonds is 5. The number of aryl methyl sites for hydroxylation is 1. The van der Waals surface area contributed by atoms with Crippen LogP contribution in [0.5, 0.6) is 0 Å². The van der Waals surface area contributed by atoms with Crippen molar-refractivity contribution in [2.24, 2.45) is 5.73 Å². The first-order valence-corrected chi connectivity index (χ1v) is 6.64. The Kier molecular flexibility index (Phi) is 9.42. The van der Waals surface area contributed by atoms with Gasteiger partial charge in [0.1, 0.15) is 0 Å². The zero-order valence-corrected chi connectivity index (χ0v) is 14.0. The van der Waals surface area contributed by atoms with Crippen molar-refractivity contribution in [3.05, 3.63) is 65.5 Å². The Labute approximate surface area is 143 Å². The van der Waals surface area contributed by atoms with Crippen molar-refractivity contribution in [2.75, 3.05) is 0 Å². The molecule has 22 heavy (non-hydrogen) atoms. The first-order valence-electron chi connectivity index (χ1n) is 6.64. The first-order chi connectivity index (χ1) is 9.66. The second-order valence-electron chi connectivity index (χ2n) is 4.77. The number of benzene rings is 1. The average molecular weight is 342 g/mol. The summed E-state index contributed by atoms with van der Waals surface area (Å²) >= 11 is 0. The molecule has 120 valence electrons. The fraction of sp³-hybridized carbons (Fsp3) is 0.250. The molecule has 3 N–H and O–H groups in total. The molecule has 0 saturated carbocycles. The molecule has 2 rings (SSSR count). The van der Waals surface area contributed by atoms with E-state index in [0.29, 0.717) is 6.54 Å². The van der Waals surface area contributed by atoms with E-state index < -0.39 is 0 Å². The number of carbonyl (C=O) groups is 1. The van der Waals surface area contributed by atoms with Gasteiger partial charge in [-0.05, 0) is 24.1 Å². The maximum Gasteiger partial charge on any atom is 0.222 e. The Bertz CT molecular complexity index is 579. The number of hydrogen-bond donors (Lipinski definition) is 2. The lowest BCUT2D eigenvalue weighted by atomic mass is 10.0. The van der Waals surface area contributed by atoms with Crippen LogP contribution in [0, 0.1) is 6.92 Å². The van der Waals surface area contributed by atoms with Crippen molar-refractivity contribution in [2.45, 2.75) is 25.9 Å². The van der Waals surface area contributed by atoms with Crippen LogP contribution in [0.3, 0.4) is 0 Å². The van der Waals surface area contributed by atoms with E-state index >= 15 is 0 Å². The summed E-state index contributed by atoms with van der Waals surface area (Å²) in [5, 5.41) is 2.86. The highest BCUT2D eigenvalue weighted by Crippen LogP contribution is 2.13. The fourth-order valence-electron chi connectivity index (χ4n) is 1.98. The van der Waals surface area contributed by atoms with Gasteiger partial charge in [0.25, 0.3) is 0 Å². The Morgan fingerprint density at radius 3 is 2.50 bits per heavy atom. The largest absolute Gasteiger partial charge is 0.350 e. The molecule has 2 aromatic rings. The zero-order chi connectivity index (χ0) is 14.4. The molecule has 0 aliphatic rings. The number of nitrogens with two attached hydrogens (primary N) is 1. The molecule has 1 aromatic carbocycles. The monoisotopic (exact) mass is 341 g/mol. The quantitative estimate of drug-likeness (QED) is 0.878. The Morgan fingerprint density at radius 1 is 1.18 bits per heavy atom. The predicted octanol–water partition coefficient (Wildman–Crippen LogP) is 2.94. The molecule has 0 radical (unpaired) electrons. The molecule has 0 aliphatic carbocycles. The van der Waals surface area contributed by atoms with Crippen molar-refractivity contribution in [3.63, 3.8) is 0 Å². The third kappa shape index (κ3) is 6.02. The molecule has 1 atom stereocenters. The van der Waals surface area contributed by atoms with Crippen LogP contribution >= 0.6 is 24.8 Å². The Balaban J connectivity index is 0.00000220. The van der Waals surface area contributed by atoms with E-state index in [1.807, 2.05) is 49.4 Å². The van der Waals surface area contributed by atoms with Crippen LogP contribution in [0.15, 0.2) is 48.7 Å². The van der Waals surface area contributed by atoms with Crippen LogP contribution in [-0.2, 0) is 11.3 Å². The topological polar surface area (TPSA) is 68.0 Å². The van der Waals surface area contributed by atoms with Gasteiger partial charge >= 0.3 is 0 Å². The maximum absolute atomic E-state index is 11.9. The lowest BCUT2D eigenvalue weighted by Gasteiger charge is -2.12. The van der Waals surface area contributed by atoms with Gasteiger partial charge in [-0.25, -0.2) is 0 Å². The molecular weight excluding hydrogens is 321 g/mol. The summed E-state index contributed by atoms with van der Waals surface area (Å²) in [7, 11) is 0. The van der Waals surface area contributed by atoms with Crippen LogP contribution in [0.2, 0.25) is 0 Å². The number of pyridine rings is 1. The summed E-state index contributed by atoms with van der Waals surface area (Å²) in [4.78, 5) is 16.1. The standard InChI is InChI=1S/C16H19N3O.2ClH/c1-12-6-5-9-18-15(12)11-19-16(20)10-14(17)13-7-3-2-4-8-13;;/h2-9,14H,10-11,17H2,1H3,(H,19,20);2*1H. The van der Waals surface area contributed by atoms with Crippen molar-refractivity contribution in [1.82, 2.24) is 10.3 Å². The average Bonchev–Trinajstić information content (AvgIpc) is 2.47. The molecule has 6 heteroatoms.